The molecule has 188 valence electrons. The van der Waals surface area contributed by atoms with Gasteiger partial charge in [-0.15, -0.1) is 0 Å². The van der Waals surface area contributed by atoms with E-state index in [4.69, 9.17) is 16.3 Å². The fraction of sp³-hybridized carbons (Fsp3) is 0.231. The quantitative estimate of drug-likeness (QED) is 0.311. The fourth-order valence-corrected chi connectivity index (χ4v) is 5.13. The highest BCUT2D eigenvalue weighted by molar-refractivity contribution is 7.90. The molecule has 4 rings (SSSR count). The summed E-state index contributed by atoms with van der Waals surface area (Å²) in [6, 6.07) is 16.8. The molecule has 0 aliphatic rings. The summed E-state index contributed by atoms with van der Waals surface area (Å²) in [5.41, 5.74) is 2.94. The number of fused-ring (bicyclic) bond motifs is 1. The van der Waals surface area contributed by atoms with Gasteiger partial charge in [-0.05, 0) is 67.7 Å². The number of nitrogens with one attached hydrogen (secondary N) is 1. The van der Waals surface area contributed by atoms with Crippen molar-refractivity contribution in [2.24, 2.45) is 0 Å². The molecular weight excluding hydrogens is 503 g/mol. The van der Waals surface area contributed by atoms with Gasteiger partial charge in [-0.3, -0.25) is 0 Å². The Kier molecular flexibility index (Phi) is 7.73. The van der Waals surface area contributed by atoms with Crippen molar-refractivity contribution in [2.75, 3.05) is 31.4 Å². The van der Waals surface area contributed by atoms with E-state index >= 15 is 0 Å². The minimum absolute atomic E-state index is 0.00531. The smallest absolute Gasteiger partial charge is 0.149 e. The SMILES string of the molecule is CN(C)C(CS(C)(=O)=O)c1ccc2ncnc(Nc3ccc(OCc4cccc(F)c4)c(Cl)c3)c2c1. The van der Waals surface area contributed by atoms with Gasteiger partial charge in [0.2, 0.25) is 0 Å². The van der Waals surface area contributed by atoms with Crippen molar-refractivity contribution in [3.63, 3.8) is 0 Å². The number of aromatic nitrogens is 2. The zero-order chi connectivity index (χ0) is 25.9. The van der Waals surface area contributed by atoms with Crippen LogP contribution in [0.3, 0.4) is 0 Å². The minimum atomic E-state index is -3.20. The Labute approximate surface area is 214 Å². The zero-order valence-electron chi connectivity index (χ0n) is 20.1. The van der Waals surface area contributed by atoms with E-state index in [1.54, 1.807) is 30.3 Å². The lowest BCUT2D eigenvalue weighted by Crippen LogP contribution is -2.26. The standard InChI is InChI=1S/C26H26ClFN4O3S/c1-32(2)24(15-36(3,33)34)18-7-9-23-21(12-18)26(30-16-29-23)31-20-8-10-25(22(27)13-20)35-14-17-5-4-6-19(28)11-17/h4-13,16,24H,14-15H2,1-3H3,(H,29,30,31). The summed E-state index contributed by atoms with van der Waals surface area (Å²) in [6.07, 6.45) is 2.69. The van der Waals surface area contributed by atoms with Crippen LogP contribution in [0.5, 0.6) is 5.75 Å². The van der Waals surface area contributed by atoms with Crippen LogP contribution in [0.25, 0.3) is 10.9 Å². The maximum absolute atomic E-state index is 13.4. The van der Waals surface area contributed by atoms with Gasteiger partial charge in [0.15, 0.2) is 0 Å². The molecule has 0 saturated heterocycles. The number of benzene rings is 3. The topological polar surface area (TPSA) is 84.4 Å². The van der Waals surface area contributed by atoms with Crippen LogP contribution in [-0.2, 0) is 16.4 Å². The van der Waals surface area contributed by atoms with Crippen molar-refractivity contribution in [3.05, 3.63) is 89.0 Å². The van der Waals surface area contributed by atoms with Gasteiger partial charge in [0, 0.05) is 23.4 Å². The Morgan fingerprint density at radius 3 is 2.58 bits per heavy atom. The molecule has 0 bridgehead atoms. The highest BCUT2D eigenvalue weighted by Gasteiger charge is 2.20. The maximum Gasteiger partial charge on any atom is 0.149 e. The molecular formula is C26H26ClFN4O3S. The summed E-state index contributed by atoms with van der Waals surface area (Å²) in [4.78, 5) is 10.6. The van der Waals surface area contributed by atoms with Crippen LogP contribution in [0.2, 0.25) is 5.02 Å². The summed E-state index contributed by atoms with van der Waals surface area (Å²) >= 11 is 6.44. The highest BCUT2D eigenvalue weighted by Crippen LogP contribution is 2.32. The lowest BCUT2D eigenvalue weighted by Gasteiger charge is -2.24. The number of ether oxygens (including phenoxy) is 1. The monoisotopic (exact) mass is 528 g/mol. The zero-order valence-corrected chi connectivity index (χ0v) is 21.6. The van der Waals surface area contributed by atoms with Gasteiger partial charge in [0.05, 0.1) is 16.3 Å². The average Bonchev–Trinajstić information content (AvgIpc) is 2.81. The molecule has 36 heavy (non-hydrogen) atoms. The number of sulfone groups is 1. The molecule has 1 N–H and O–H groups in total. The van der Waals surface area contributed by atoms with Gasteiger partial charge in [0.1, 0.15) is 40.2 Å². The Morgan fingerprint density at radius 1 is 1.08 bits per heavy atom. The van der Waals surface area contributed by atoms with E-state index in [0.717, 1.165) is 10.9 Å². The highest BCUT2D eigenvalue weighted by atomic mass is 35.5. The third kappa shape index (κ3) is 6.48. The summed E-state index contributed by atoms with van der Waals surface area (Å²) in [7, 11) is 0.500. The van der Waals surface area contributed by atoms with Gasteiger partial charge in [-0.1, -0.05) is 29.8 Å². The number of anilines is 2. The molecule has 1 aromatic heterocycles. The molecule has 10 heteroatoms. The normalized spacial score (nSPS) is 12.6. The first-order chi connectivity index (χ1) is 17.1. The Bertz CT molecular complexity index is 1500. The second-order valence-electron chi connectivity index (χ2n) is 8.76. The fourth-order valence-electron chi connectivity index (χ4n) is 3.83. The molecule has 7 nitrogen and oxygen atoms in total. The third-order valence-corrected chi connectivity index (χ3v) is 6.82. The average molecular weight is 529 g/mol. The van der Waals surface area contributed by atoms with Gasteiger partial charge in [-0.25, -0.2) is 22.8 Å². The summed E-state index contributed by atoms with van der Waals surface area (Å²) in [5.74, 6) is 0.698. The van der Waals surface area contributed by atoms with Crippen molar-refractivity contribution < 1.29 is 17.5 Å². The van der Waals surface area contributed by atoms with Crippen LogP contribution in [0.1, 0.15) is 17.2 Å². The molecule has 3 aromatic carbocycles. The molecule has 0 amide bonds. The van der Waals surface area contributed by atoms with Gasteiger partial charge < -0.3 is 15.0 Å². The van der Waals surface area contributed by atoms with Crippen LogP contribution in [0, 0.1) is 5.82 Å². The number of hydrogen-bond donors (Lipinski definition) is 1. The molecule has 1 heterocycles. The van der Waals surface area contributed by atoms with Crippen LogP contribution < -0.4 is 10.1 Å². The van der Waals surface area contributed by atoms with Crippen molar-refractivity contribution in [2.45, 2.75) is 12.6 Å². The van der Waals surface area contributed by atoms with Crippen molar-refractivity contribution in [1.82, 2.24) is 14.9 Å². The predicted octanol–water partition coefficient (Wildman–Crippen LogP) is 5.39. The lowest BCUT2D eigenvalue weighted by molar-refractivity contribution is 0.306. The lowest BCUT2D eigenvalue weighted by atomic mass is 10.0. The van der Waals surface area contributed by atoms with Crippen LogP contribution >= 0.6 is 11.6 Å². The summed E-state index contributed by atoms with van der Waals surface area (Å²) in [6.45, 7) is 0.185. The molecule has 0 radical (unpaired) electrons. The molecule has 0 saturated carbocycles. The number of halogens is 2. The van der Waals surface area contributed by atoms with Crippen LogP contribution in [0.4, 0.5) is 15.9 Å². The maximum atomic E-state index is 13.4. The Balaban J connectivity index is 1.58. The van der Waals surface area contributed by atoms with E-state index in [2.05, 4.69) is 15.3 Å². The second kappa shape index (κ2) is 10.8. The summed E-state index contributed by atoms with van der Waals surface area (Å²) < 4.78 is 43.1. The summed E-state index contributed by atoms with van der Waals surface area (Å²) in [5, 5.41) is 4.40. The molecule has 1 unspecified atom stereocenters. The first kappa shape index (κ1) is 25.8. The largest absolute Gasteiger partial charge is 0.487 e. The predicted molar refractivity (Wildman–Crippen MR) is 141 cm³/mol. The van der Waals surface area contributed by atoms with Crippen molar-refractivity contribution >= 4 is 43.8 Å². The van der Waals surface area contributed by atoms with Gasteiger partial charge >= 0.3 is 0 Å². The number of nitrogens with zero attached hydrogens (tertiary/aromatic N) is 3. The Hall–Kier alpha value is -3.27. The van der Waals surface area contributed by atoms with Gasteiger partial charge in [0.25, 0.3) is 0 Å². The number of hydrogen-bond acceptors (Lipinski definition) is 7. The molecule has 1 atom stereocenters. The molecule has 0 aliphatic carbocycles. The molecule has 4 aromatic rings. The van der Waals surface area contributed by atoms with E-state index < -0.39 is 9.84 Å². The first-order valence-corrected chi connectivity index (χ1v) is 13.6. The van der Waals surface area contributed by atoms with E-state index in [1.165, 1.54) is 24.7 Å². The molecule has 0 aliphatic heterocycles. The van der Waals surface area contributed by atoms with Crippen LogP contribution in [0.15, 0.2) is 67.0 Å². The van der Waals surface area contributed by atoms with E-state index in [-0.39, 0.29) is 24.2 Å². The minimum Gasteiger partial charge on any atom is -0.487 e. The van der Waals surface area contributed by atoms with E-state index in [1.807, 2.05) is 37.2 Å². The number of rotatable bonds is 9. The van der Waals surface area contributed by atoms with Crippen molar-refractivity contribution in [3.8, 4) is 5.75 Å². The van der Waals surface area contributed by atoms with Crippen LogP contribution in [-0.4, -0.2) is 49.4 Å². The molecule has 0 spiro atoms. The van der Waals surface area contributed by atoms with Crippen molar-refractivity contribution in [1.29, 1.82) is 0 Å². The first-order valence-electron chi connectivity index (χ1n) is 11.1. The van der Waals surface area contributed by atoms with Gasteiger partial charge in [-0.2, -0.15) is 0 Å². The third-order valence-electron chi connectivity index (χ3n) is 5.61. The molecule has 0 fully saturated rings. The van der Waals surface area contributed by atoms with E-state index in [9.17, 15) is 12.8 Å². The second-order valence-corrected chi connectivity index (χ2v) is 11.4. The van der Waals surface area contributed by atoms with E-state index in [0.29, 0.717) is 33.4 Å². The Morgan fingerprint density at radius 2 is 1.89 bits per heavy atom.